The normalized spacial score (nSPS) is 21.1. The first kappa shape index (κ1) is 13.8. The maximum absolute atomic E-state index is 6.06. The van der Waals surface area contributed by atoms with E-state index < -0.39 is 0 Å². The summed E-state index contributed by atoms with van der Waals surface area (Å²) in [4.78, 5) is 2.39. The molecule has 1 saturated heterocycles. The number of nitrogens with zero attached hydrogens (tertiary/aromatic N) is 3. The van der Waals surface area contributed by atoms with Crippen molar-refractivity contribution in [1.29, 1.82) is 0 Å². The van der Waals surface area contributed by atoms with Crippen LogP contribution in [-0.2, 0) is 13.6 Å². The molecule has 2 rings (SSSR count). The molecule has 0 aliphatic carbocycles. The van der Waals surface area contributed by atoms with Gasteiger partial charge in [-0.25, -0.2) is 0 Å². The Morgan fingerprint density at radius 2 is 2.38 bits per heavy atom. The van der Waals surface area contributed by atoms with Gasteiger partial charge in [0.1, 0.15) is 0 Å². The molecule has 0 bridgehead atoms. The minimum absolute atomic E-state index is 0. The van der Waals surface area contributed by atoms with Crippen LogP contribution in [0.1, 0.15) is 12.1 Å². The van der Waals surface area contributed by atoms with Crippen molar-refractivity contribution in [2.24, 2.45) is 18.7 Å². The van der Waals surface area contributed by atoms with Gasteiger partial charge < -0.3 is 5.73 Å². The number of likely N-dealkylation sites (tertiary alicyclic amines) is 1. The molecule has 1 aliphatic heterocycles. The van der Waals surface area contributed by atoms with E-state index in [-0.39, 0.29) is 12.4 Å². The molecule has 1 aromatic rings. The molecule has 1 aliphatic rings. The highest BCUT2D eigenvalue weighted by Gasteiger charge is 2.22. The zero-order valence-corrected chi connectivity index (χ0v) is 11.0. The number of aromatic nitrogens is 2. The Kier molecular flexibility index (Phi) is 5.05. The first-order chi connectivity index (χ1) is 7.20. The Labute approximate surface area is 107 Å². The Balaban J connectivity index is 0.00000128. The second-order valence-corrected chi connectivity index (χ2v) is 4.60. The molecule has 0 saturated carbocycles. The molecule has 2 N–H and O–H groups in total. The summed E-state index contributed by atoms with van der Waals surface area (Å²) in [6.45, 7) is 3.86. The van der Waals surface area contributed by atoms with Gasteiger partial charge in [-0.05, 0) is 25.4 Å². The molecule has 0 spiro atoms. The predicted molar refractivity (Wildman–Crippen MR) is 67.9 cm³/mol. The molecule has 1 atom stereocenters. The Hall–Kier alpha value is -0.290. The van der Waals surface area contributed by atoms with Gasteiger partial charge in [0, 0.05) is 20.1 Å². The van der Waals surface area contributed by atoms with Crippen LogP contribution in [0.4, 0.5) is 0 Å². The third-order valence-corrected chi connectivity index (χ3v) is 3.40. The molecule has 0 aromatic carbocycles. The highest BCUT2D eigenvalue weighted by Crippen LogP contribution is 2.21. The highest BCUT2D eigenvalue weighted by atomic mass is 35.5. The van der Waals surface area contributed by atoms with E-state index in [4.69, 9.17) is 17.3 Å². The zero-order chi connectivity index (χ0) is 10.8. The van der Waals surface area contributed by atoms with E-state index in [1.165, 1.54) is 6.42 Å². The summed E-state index contributed by atoms with van der Waals surface area (Å²) in [5.41, 5.74) is 6.75. The van der Waals surface area contributed by atoms with Crippen LogP contribution >= 0.6 is 24.0 Å². The summed E-state index contributed by atoms with van der Waals surface area (Å²) in [6, 6.07) is 0. The Morgan fingerprint density at radius 3 is 2.88 bits per heavy atom. The number of nitrogens with two attached hydrogens (primary N) is 1. The predicted octanol–water partition coefficient (Wildman–Crippen LogP) is 1.28. The third kappa shape index (κ3) is 2.88. The van der Waals surface area contributed by atoms with E-state index in [2.05, 4.69) is 10.00 Å². The topological polar surface area (TPSA) is 47.1 Å². The number of aryl methyl sites for hydroxylation is 1. The molecule has 0 amide bonds. The van der Waals surface area contributed by atoms with Crippen molar-refractivity contribution in [2.75, 3.05) is 19.6 Å². The number of hydrogen-bond donors (Lipinski definition) is 1. The van der Waals surface area contributed by atoms with Gasteiger partial charge in [0.2, 0.25) is 0 Å². The van der Waals surface area contributed by atoms with Crippen molar-refractivity contribution in [1.82, 2.24) is 14.7 Å². The van der Waals surface area contributed by atoms with Gasteiger partial charge in [-0.15, -0.1) is 12.4 Å². The van der Waals surface area contributed by atoms with Crippen molar-refractivity contribution < 1.29 is 0 Å². The second kappa shape index (κ2) is 5.87. The molecule has 4 nitrogen and oxygen atoms in total. The van der Waals surface area contributed by atoms with Crippen molar-refractivity contribution in [3.8, 4) is 0 Å². The maximum atomic E-state index is 6.06. The van der Waals surface area contributed by atoms with Gasteiger partial charge >= 0.3 is 0 Å². The minimum Gasteiger partial charge on any atom is -0.330 e. The monoisotopic (exact) mass is 264 g/mol. The SMILES string of the molecule is Cl.Cn1ncc(Cl)c1CN1CCC(CN)C1. The van der Waals surface area contributed by atoms with E-state index in [0.717, 1.165) is 36.9 Å². The van der Waals surface area contributed by atoms with Gasteiger partial charge in [-0.2, -0.15) is 5.10 Å². The van der Waals surface area contributed by atoms with Crippen LogP contribution in [-0.4, -0.2) is 34.3 Å². The lowest BCUT2D eigenvalue weighted by molar-refractivity contribution is 0.309. The van der Waals surface area contributed by atoms with Crippen molar-refractivity contribution in [3.63, 3.8) is 0 Å². The lowest BCUT2D eigenvalue weighted by Gasteiger charge is -2.15. The summed E-state index contributed by atoms with van der Waals surface area (Å²) in [6.07, 6.45) is 2.90. The molecule has 1 aromatic heterocycles. The fourth-order valence-corrected chi connectivity index (χ4v) is 2.30. The fourth-order valence-electron chi connectivity index (χ4n) is 2.07. The van der Waals surface area contributed by atoms with Crippen LogP contribution in [0.2, 0.25) is 5.02 Å². The standard InChI is InChI=1S/C10H17ClN4.ClH/c1-14-10(9(11)5-13-14)7-15-3-2-8(4-12)6-15;/h5,8H,2-4,6-7,12H2,1H3;1H. The molecular formula is C10H18Cl2N4. The molecular weight excluding hydrogens is 247 g/mol. The average molecular weight is 265 g/mol. The number of halogens is 2. The van der Waals surface area contributed by atoms with Gasteiger partial charge in [-0.1, -0.05) is 11.6 Å². The van der Waals surface area contributed by atoms with E-state index in [9.17, 15) is 0 Å². The first-order valence-corrected chi connectivity index (χ1v) is 5.67. The van der Waals surface area contributed by atoms with Crippen LogP contribution < -0.4 is 5.73 Å². The molecule has 16 heavy (non-hydrogen) atoms. The van der Waals surface area contributed by atoms with Crippen molar-refractivity contribution in [3.05, 3.63) is 16.9 Å². The Bertz CT molecular complexity index is 320. The van der Waals surface area contributed by atoms with Gasteiger partial charge in [0.05, 0.1) is 16.9 Å². The quantitative estimate of drug-likeness (QED) is 0.895. The summed E-state index contributed by atoms with van der Waals surface area (Å²) in [5.74, 6) is 0.650. The highest BCUT2D eigenvalue weighted by molar-refractivity contribution is 6.31. The molecule has 2 heterocycles. The van der Waals surface area contributed by atoms with Crippen LogP contribution in [0, 0.1) is 5.92 Å². The van der Waals surface area contributed by atoms with E-state index >= 15 is 0 Å². The summed E-state index contributed by atoms with van der Waals surface area (Å²) >= 11 is 6.06. The summed E-state index contributed by atoms with van der Waals surface area (Å²) in [7, 11) is 1.93. The lowest BCUT2D eigenvalue weighted by atomic mass is 10.1. The summed E-state index contributed by atoms with van der Waals surface area (Å²) in [5, 5.41) is 4.89. The Morgan fingerprint density at radius 1 is 1.62 bits per heavy atom. The number of rotatable bonds is 3. The lowest BCUT2D eigenvalue weighted by Crippen LogP contribution is -2.24. The first-order valence-electron chi connectivity index (χ1n) is 5.29. The molecule has 6 heteroatoms. The van der Waals surface area contributed by atoms with E-state index in [1.807, 2.05) is 11.7 Å². The average Bonchev–Trinajstić information content (AvgIpc) is 2.80. The smallest absolute Gasteiger partial charge is 0.0831 e. The van der Waals surface area contributed by atoms with Crippen LogP contribution in [0.3, 0.4) is 0 Å². The zero-order valence-electron chi connectivity index (χ0n) is 9.40. The molecule has 1 fully saturated rings. The third-order valence-electron chi connectivity index (χ3n) is 3.09. The largest absolute Gasteiger partial charge is 0.330 e. The molecule has 1 unspecified atom stereocenters. The van der Waals surface area contributed by atoms with E-state index in [0.29, 0.717) is 5.92 Å². The second-order valence-electron chi connectivity index (χ2n) is 4.19. The van der Waals surface area contributed by atoms with Crippen molar-refractivity contribution >= 4 is 24.0 Å². The van der Waals surface area contributed by atoms with Gasteiger partial charge in [0.15, 0.2) is 0 Å². The van der Waals surface area contributed by atoms with Gasteiger partial charge in [-0.3, -0.25) is 9.58 Å². The summed E-state index contributed by atoms with van der Waals surface area (Å²) < 4.78 is 1.85. The maximum Gasteiger partial charge on any atom is 0.0831 e. The van der Waals surface area contributed by atoms with Crippen LogP contribution in [0.5, 0.6) is 0 Å². The van der Waals surface area contributed by atoms with Crippen LogP contribution in [0.15, 0.2) is 6.20 Å². The van der Waals surface area contributed by atoms with Gasteiger partial charge in [0.25, 0.3) is 0 Å². The molecule has 92 valence electrons. The minimum atomic E-state index is 0. The molecule has 0 radical (unpaired) electrons. The van der Waals surface area contributed by atoms with Crippen molar-refractivity contribution in [2.45, 2.75) is 13.0 Å². The fraction of sp³-hybridized carbons (Fsp3) is 0.700. The van der Waals surface area contributed by atoms with E-state index in [1.54, 1.807) is 6.20 Å². The number of hydrogen-bond acceptors (Lipinski definition) is 3. The van der Waals surface area contributed by atoms with Crippen LogP contribution in [0.25, 0.3) is 0 Å².